The van der Waals surface area contributed by atoms with Crippen LogP contribution in [0.5, 0.6) is 0 Å². The lowest BCUT2D eigenvalue weighted by Gasteiger charge is -2.20. The predicted molar refractivity (Wildman–Crippen MR) is 74.8 cm³/mol. The molecule has 1 aromatic rings. The van der Waals surface area contributed by atoms with Crippen molar-refractivity contribution in [3.63, 3.8) is 0 Å². The zero-order valence-electron chi connectivity index (χ0n) is 11.7. The summed E-state index contributed by atoms with van der Waals surface area (Å²) in [5.74, 6) is 0.495. The van der Waals surface area contributed by atoms with Crippen molar-refractivity contribution in [1.82, 2.24) is 5.32 Å². The summed E-state index contributed by atoms with van der Waals surface area (Å²) in [6.07, 6.45) is 2.13. The number of anilines is 1. The van der Waals surface area contributed by atoms with E-state index in [1.165, 1.54) is 6.07 Å². The standard InChI is InChI=1S/C15H21FN2O/c1-9-7-8-13(10(9)2)18-15(19)11-5-4-6-12(16)14(11)17-3/h4-6,9-10,13,17H,7-8H2,1-3H3,(H,18,19). The van der Waals surface area contributed by atoms with Gasteiger partial charge in [-0.05, 0) is 36.8 Å². The molecule has 3 nitrogen and oxygen atoms in total. The molecule has 0 aliphatic heterocycles. The molecule has 0 saturated heterocycles. The van der Waals surface area contributed by atoms with Gasteiger partial charge in [0.05, 0.1) is 11.3 Å². The SMILES string of the molecule is CNc1c(F)cccc1C(=O)NC1CCC(C)C1C. The second-order valence-electron chi connectivity index (χ2n) is 5.41. The molecule has 4 heteroatoms. The third-order valence-corrected chi connectivity index (χ3v) is 4.29. The van der Waals surface area contributed by atoms with Crippen LogP contribution >= 0.6 is 0 Å². The van der Waals surface area contributed by atoms with Crippen LogP contribution in [0.4, 0.5) is 10.1 Å². The molecule has 3 atom stereocenters. The number of benzene rings is 1. The van der Waals surface area contributed by atoms with Crippen molar-refractivity contribution >= 4 is 11.6 Å². The fraction of sp³-hybridized carbons (Fsp3) is 0.533. The van der Waals surface area contributed by atoms with Gasteiger partial charge in [-0.2, -0.15) is 0 Å². The first-order valence-corrected chi connectivity index (χ1v) is 6.81. The van der Waals surface area contributed by atoms with Gasteiger partial charge in [0.25, 0.3) is 5.91 Å². The predicted octanol–water partition coefficient (Wildman–Crippen LogP) is 3.03. The van der Waals surface area contributed by atoms with Crippen LogP contribution in [-0.4, -0.2) is 19.0 Å². The largest absolute Gasteiger partial charge is 0.385 e. The summed E-state index contributed by atoms with van der Waals surface area (Å²) in [7, 11) is 1.62. The van der Waals surface area contributed by atoms with E-state index in [2.05, 4.69) is 24.5 Å². The van der Waals surface area contributed by atoms with Crippen LogP contribution in [0.1, 0.15) is 37.0 Å². The second-order valence-corrected chi connectivity index (χ2v) is 5.41. The summed E-state index contributed by atoms with van der Waals surface area (Å²) in [5, 5.41) is 5.79. The third kappa shape index (κ3) is 2.72. The van der Waals surface area contributed by atoms with Crippen molar-refractivity contribution in [3.05, 3.63) is 29.6 Å². The Labute approximate surface area is 113 Å². The van der Waals surface area contributed by atoms with Gasteiger partial charge in [0, 0.05) is 13.1 Å². The summed E-state index contributed by atoms with van der Waals surface area (Å²) < 4.78 is 13.6. The van der Waals surface area contributed by atoms with Gasteiger partial charge in [-0.1, -0.05) is 19.9 Å². The normalized spacial score (nSPS) is 26.2. The van der Waals surface area contributed by atoms with E-state index >= 15 is 0 Å². The summed E-state index contributed by atoms with van der Waals surface area (Å²) in [6.45, 7) is 4.37. The molecule has 0 spiro atoms. The number of carbonyl (C=O) groups excluding carboxylic acids is 1. The monoisotopic (exact) mass is 264 g/mol. The number of rotatable bonds is 3. The Morgan fingerprint density at radius 1 is 1.32 bits per heavy atom. The van der Waals surface area contributed by atoms with Gasteiger partial charge in [0.15, 0.2) is 0 Å². The van der Waals surface area contributed by atoms with Crippen LogP contribution in [0.3, 0.4) is 0 Å². The summed E-state index contributed by atoms with van der Waals surface area (Å²) in [4.78, 5) is 12.3. The van der Waals surface area contributed by atoms with E-state index in [0.717, 1.165) is 12.8 Å². The molecule has 1 aliphatic carbocycles. The molecule has 3 unspecified atom stereocenters. The Kier molecular flexibility index (Phi) is 4.08. The lowest BCUT2D eigenvalue weighted by atomic mass is 9.97. The number of halogens is 1. The molecule has 1 aromatic carbocycles. The zero-order valence-corrected chi connectivity index (χ0v) is 11.7. The quantitative estimate of drug-likeness (QED) is 0.881. The molecule has 104 valence electrons. The molecule has 1 aliphatic rings. The van der Waals surface area contributed by atoms with Crippen molar-refractivity contribution in [2.45, 2.75) is 32.7 Å². The first-order valence-electron chi connectivity index (χ1n) is 6.81. The minimum absolute atomic E-state index is 0.190. The van der Waals surface area contributed by atoms with Gasteiger partial charge in [-0.3, -0.25) is 4.79 Å². The van der Waals surface area contributed by atoms with Crippen LogP contribution in [-0.2, 0) is 0 Å². The van der Waals surface area contributed by atoms with E-state index in [1.807, 2.05) is 0 Å². The Hall–Kier alpha value is -1.58. The van der Waals surface area contributed by atoms with Crippen molar-refractivity contribution in [2.75, 3.05) is 12.4 Å². The van der Waals surface area contributed by atoms with Crippen LogP contribution < -0.4 is 10.6 Å². The van der Waals surface area contributed by atoms with Gasteiger partial charge < -0.3 is 10.6 Å². The van der Waals surface area contributed by atoms with E-state index in [9.17, 15) is 9.18 Å². The fourth-order valence-electron chi connectivity index (χ4n) is 2.78. The second kappa shape index (κ2) is 5.59. The number of para-hydroxylation sites is 1. The molecule has 0 aromatic heterocycles. The number of amides is 1. The van der Waals surface area contributed by atoms with Crippen molar-refractivity contribution in [1.29, 1.82) is 0 Å². The van der Waals surface area contributed by atoms with Gasteiger partial charge in [0.1, 0.15) is 5.82 Å². The topological polar surface area (TPSA) is 41.1 Å². The molecule has 1 saturated carbocycles. The fourth-order valence-corrected chi connectivity index (χ4v) is 2.78. The lowest BCUT2D eigenvalue weighted by Crippen LogP contribution is -2.37. The van der Waals surface area contributed by atoms with E-state index in [1.54, 1.807) is 19.2 Å². The number of carbonyl (C=O) groups is 1. The minimum Gasteiger partial charge on any atom is -0.385 e. The molecule has 19 heavy (non-hydrogen) atoms. The van der Waals surface area contributed by atoms with Crippen molar-refractivity contribution < 1.29 is 9.18 Å². The molecule has 0 heterocycles. The van der Waals surface area contributed by atoms with Crippen molar-refractivity contribution in [3.8, 4) is 0 Å². The Balaban J connectivity index is 2.15. The van der Waals surface area contributed by atoms with E-state index in [4.69, 9.17) is 0 Å². The minimum atomic E-state index is -0.400. The number of hydrogen-bond donors (Lipinski definition) is 2. The van der Waals surface area contributed by atoms with E-state index in [0.29, 0.717) is 17.4 Å². The number of nitrogens with one attached hydrogen (secondary N) is 2. The highest BCUT2D eigenvalue weighted by Crippen LogP contribution is 2.31. The van der Waals surface area contributed by atoms with Crippen LogP contribution in [0.15, 0.2) is 18.2 Å². The van der Waals surface area contributed by atoms with Gasteiger partial charge in [-0.25, -0.2) is 4.39 Å². The Morgan fingerprint density at radius 3 is 2.63 bits per heavy atom. The molecule has 1 amide bonds. The Morgan fingerprint density at radius 2 is 2.05 bits per heavy atom. The average molecular weight is 264 g/mol. The molecular formula is C15H21FN2O. The molecule has 1 fully saturated rings. The average Bonchev–Trinajstić information content (AvgIpc) is 2.70. The first-order chi connectivity index (χ1) is 9.04. The van der Waals surface area contributed by atoms with Gasteiger partial charge in [-0.15, -0.1) is 0 Å². The highest BCUT2D eigenvalue weighted by atomic mass is 19.1. The third-order valence-electron chi connectivity index (χ3n) is 4.29. The van der Waals surface area contributed by atoms with Gasteiger partial charge >= 0.3 is 0 Å². The maximum atomic E-state index is 13.6. The summed E-state index contributed by atoms with van der Waals surface area (Å²) in [6, 6.07) is 4.75. The lowest BCUT2D eigenvalue weighted by molar-refractivity contribution is 0.0928. The molecule has 0 radical (unpaired) electrons. The van der Waals surface area contributed by atoms with E-state index in [-0.39, 0.29) is 17.6 Å². The highest BCUT2D eigenvalue weighted by Gasteiger charge is 2.31. The molecule has 2 rings (SSSR count). The number of hydrogen-bond acceptors (Lipinski definition) is 2. The molecular weight excluding hydrogens is 243 g/mol. The maximum absolute atomic E-state index is 13.6. The van der Waals surface area contributed by atoms with Crippen molar-refractivity contribution in [2.24, 2.45) is 11.8 Å². The van der Waals surface area contributed by atoms with Crippen LogP contribution in [0.25, 0.3) is 0 Å². The highest BCUT2D eigenvalue weighted by molar-refractivity contribution is 5.99. The van der Waals surface area contributed by atoms with Crippen LogP contribution in [0, 0.1) is 17.7 Å². The van der Waals surface area contributed by atoms with Gasteiger partial charge in [0.2, 0.25) is 0 Å². The summed E-state index contributed by atoms with van der Waals surface area (Å²) in [5.41, 5.74) is 0.632. The zero-order chi connectivity index (χ0) is 14.0. The van der Waals surface area contributed by atoms with Crippen LogP contribution in [0.2, 0.25) is 0 Å². The first kappa shape index (κ1) is 13.8. The Bertz CT molecular complexity index is 475. The molecule has 0 bridgehead atoms. The maximum Gasteiger partial charge on any atom is 0.253 e. The molecule has 2 N–H and O–H groups in total. The van der Waals surface area contributed by atoms with E-state index < -0.39 is 5.82 Å². The smallest absolute Gasteiger partial charge is 0.253 e. The summed E-state index contributed by atoms with van der Waals surface area (Å²) >= 11 is 0.